The van der Waals surface area contributed by atoms with Gasteiger partial charge in [0.1, 0.15) is 0 Å². The number of nitrogens with one attached hydrogen (secondary N) is 2. The number of hydrogen-bond donors (Lipinski definition) is 2. The smallest absolute Gasteiger partial charge is 0.221 e. The largest absolute Gasteiger partial charge is 0.379 e. The normalized spacial score (nSPS) is 10.3. The summed E-state index contributed by atoms with van der Waals surface area (Å²) in [7, 11) is 0. The molecule has 1 aromatic carbocycles. The van der Waals surface area contributed by atoms with Crippen molar-refractivity contribution in [1.82, 2.24) is 4.98 Å². The summed E-state index contributed by atoms with van der Waals surface area (Å²) in [6, 6.07) is 5.43. The number of benzene rings is 1. The van der Waals surface area contributed by atoms with Gasteiger partial charge in [0.15, 0.2) is 0 Å². The van der Waals surface area contributed by atoms with E-state index >= 15 is 0 Å². The minimum Gasteiger partial charge on any atom is -0.379 e. The molecule has 0 saturated heterocycles. The summed E-state index contributed by atoms with van der Waals surface area (Å²) >= 11 is 7.72. The van der Waals surface area contributed by atoms with E-state index in [2.05, 4.69) is 15.6 Å². The number of amides is 1. The SMILES string of the molecule is CC(=O)Nc1ccc(NCc2csc(C)n2)cc1Cl. The van der Waals surface area contributed by atoms with E-state index in [0.29, 0.717) is 17.3 Å². The molecule has 0 atom stereocenters. The summed E-state index contributed by atoms with van der Waals surface area (Å²) in [4.78, 5) is 15.3. The number of aromatic nitrogens is 1. The van der Waals surface area contributed by atoms with E-state index in [1.165, 1.54) is 6.92 Å². The topological polar surface area (TPSA) is 54.0 Å². The molecule has 2 N–H and O–H groups in total. The summed E-state index contributed by atoms with van der Waals surface area (Å²) in [5.74, 6) is -0.138. The number of anilines is 2. The van der Waals surface area contributed by atoms with Crippen LogP contribution >= 0.6 is 22.9 Å². The summed E-state index contributed by atoms with van der Waals surface area (Å²) in [5, 5.41) is 9.49. The second-order valence-corrected chi connectivity index (χ2v) is 5.56. The number of halogens is 1. The van der Waals surface area contributed by atoms with Gasteiger partial charge in [-0.25, -0.2) is 4.98 Å². The van der Waals surface area contributed by atoms with Crippen LogP contribution < -0.4 is 10.6 Å². The minimum absolute atomic E-state index is 0.138. The molecular weight excluding hydrogens is 282 g/mol. The van der Waals surface area contributed by atoms with Crippen molar-refractivity contribution in [1.29, 1.82) is 0 Å². The quantitative estimate of drug-likeness (QED) is 0.905. The van der Waals surface area contributed by atoms with Gasteiger partial charge >= 0.3 is 0 Å². The predicted molar refractivity (Wildman–Crippen MR) is 79.9 cm³/mol. The standard InChI is InChI=1S/C13H14ClN3OS/c1-8(18)16-13-4-3-10(5-12(13)14)15-6-11-7-19-9(2)17-11/h3-5,7,15H,6H2,1-2H3,(H,16,18). The first-order chi connectivity index (χ1) is 9.04. The molecule has 0 spiro atoms. The average Bonchev–Trinajstić information content (AvgIpc) is 2.75. The highest BCUT2D eigenvalue weighted by atomic mass is 35.5. The monoisotopic (exact) mass is 295 g/mol. The number of carbonyl (C=O) groups is 1. The highest BCUT2D eigenvalue weighted by Crippen LogP contribution is 2.25. The minimum atomic E-state index is -0.138. The van der Waals surface area contributed by atoms with Crippen molar-refractivity contribution in [3.63, 3.8) is 0 Å². The Balaban J connectivity index is 2.01. The third-order valence-corrected chi connectivity index (χ3v) is 3.56. The Kier molecular flexibility index (Phi) is 4.39. The number of hydrogen-bond acceptors (Lipinski definition) is 4. The molecule has 0 bridgehead atoms. The van der Waals surface area contributed by atoms with Gasteiger partial charge in [-0.1, -0.05) is 11.6 Å². The maximum Gasteiger partial charge on any atom is 0.221 e. The first-order valence-corrected chi connectivity index (χ1v) is 7.02. The van der Waals surface area contributed by atoms with Crippen LogP contribution in [0.2, 0.25) is 5.02 Å². The Labute approximate surface area is 120 Å². The second kappa shape index (κ2) is 6.04. The molecule has 0 aliphatic rings. The molecule has 1 aromatic heterocycles. The first kappa shape index (κ1) is 13.8. The number of carbonyl (C=O) groups excluding carboxylic acids is 1. The van der Waals surface area contributed by atoms with Crippen LogP contribution in [-0.2, 0) is 11.3 Å². The van der Waals surface area contributed by atoms with Crippen LogP contribution in [0.25, 0.3) is 0 Å². The molecule has 0 aliphatic carbocycles. The lowest BCUT2D eigenvalue weighted by Gasteiger charge is -2.09. The summed E-state index contributed by atoms with van der Waals surface area (Å²) in [6.07, 6.45) is 0. The molecule has 100 valence electrons. The van der Waals surface area contributed by atoms with Crippen LogP contribution in [0.1, 0.15) is 17.6 Å². The fraction of sp³-hybridized carbons (Fsp3) is 0.231. The van der Waals surface area contributed by atoms with E-state index in [9.17, 15) is 4.79 Å². The number of thiazole rings is 1. The highest BCUT2D eigenvalue weighted by molar-refractivity contribution is 7.09. The van der Waals surface area contributed by atoms with Crippen molar-refractivity contribution in [2.24, 2.45) is 0 Å². The predicted octanol–water partition coefficient (Wildman–Crippen LogP) is 3.68. The Bertz CT molecular complexity index is 597. The summed E-state index contributed by atoms with van der Waals surface area (Å²) in [6.45, 7) is 4.08. The van der Waals surface area contributed by atoms with E-state index in [1.54, 1.807) is 23.5 Å². The number of nitrogens with zero attached hydrogens (tertiary/aromatic N) is 1. The lowest BCUT2D eigenvalue weighted by atomic mass is 10.2. The molecule has 0 fully saturated rings. The zero-order chi connectivity index (χ0) is 13.8. The van der Waals surface area contributed by atoms with E-state index in [0.717, 1.165) is 16.4 Å². The first-order valence-electron chi connectivity index (χ1n) is 5.76. The fourth-order valence-electron chi connectivity index (χ4n) is 1.60. The van der Waals surface area contributed by atoms with Crippen molar-refractivity contribution >= 4 is 40.2 Å². The van der Waals surface area contributed by atoms with Gasteiger partial charge in [-0.3, -0.25) is 4.79 Å². The highest BCUT2D eigenvalue weighted by Gasteiger charge is 2.04. The summed E-state index contributed by atoms with van der Waals surface area (Å²) < 4.78 is 0. The molecule has 6 heteroatoms. The van der Waals surface area contributed by atoms with E-state index in [4.69, 9.17) is 11.6 Å². The van der Waals surface area contributed by atoms with Gasteiger partial charge in [-0.15, -0.1) is 11.3 Å². The van der Waals surface area contributed by atoms with Gasteiger partial charge in [-0.2, -0.15) is 0 Å². The number of aryl methyl sites for hydroxylation is 1. The fourth-order valence-corrected chi connectivity index (χ4v) is 2.44. The van der Waals surface area contributed by atoms with Crippen LogP contribution in [0.15, 0.2) is 23.6 Å². The van der Waals surface area contributed by atoms with Gasteiger partial charge in [0.25, 0.3) is 0 Å². The van der Waals surface area contributed by atoms with Crippen molar-refractivity contribution < 1.29 is 4.79 Å². The Morgan fingerprint density at radius 2 is 2.26 bits per heavy atom. The molecule has 0 unspecified atom stereocenters. The lowest BCUT2D eigenvalue weighted by molar-refractivity contribution is -0.114. The molecule has 4 nitrogen and oxygen atoms in total. The van der Waals surface area contributed by atoms with Gasteiger partial charge in [0.05, 0.1) is 28.0 Å². The zero-order valence-corrected chi connectivity index (χ0v) is 12.2. The van der Waals surface area contributed by atoms with Gasteiger partial charge in [-0.05, 0) is 25.1 Å². The molecule has 2 aromatic rings. The second-order valence-electron chi connectivity index (χ2n) is 4.09. The molecule has 0 aliphatic heterocycles. The van der Waals surface area contributed by atoms with Crippen LogP contribution in [0.5, 0.6) is 0 Å². The Hall–Kier alpha value is -1.59. The molecule has 1 heterocycles. The van der Waals surface area contributed by atoms with Crippen molar-refractivity contribution in [2.75, 3.05) is 10.6 Å². The van der Waals surface area contributed by atoms with Crippen LogP contribution in [0.4, 0.5) is 11.4 Å². The summed E-state index contributed by atoms with van der Waals surface area (Å²) in [5.41, 5.74) is 2.51. The van der Waals surface area contributed by atoms with Crippen molar-refractivity contribution in [2.45, 2.75) is 20.4 Å². The number of rotatable bonds is 4. The van der Waals surface area contributed by atoms with Gasteiger partial charge < -0.3 is 10.6 Å². The van der Waals surface area contributed by atoms with Crippen LogP contribution in [0, 0.1) is 6.92 Å². The molecule has 2 rings (SSSR count). The van der Waals surface area contributed by atoms with Crippen LogP contribution in [0.3, 0.4) is 0 Å². The third kappa shape index (κ3) is 3.94. The molecule has 1 amide bonds. The van der Waals surface area contributed by atoms with Crippen molar-refractivity contribution in [3.8, 4) is 0 Å². The van der Waals surface area contributed by atoms with Crippen molar-refractivity contribution in [3.05, 3.63) is 39.3 Å². The molecule has 19 heavy (non-hydrogen) atoms. The lowest BCUT2D eigenvalue weighted by Crippen LogP contribution is -2.06. The zero-order valence-electron chi connectivity index (χ0n) is 10.7. The molecule has 0 saturated carbocycles. The van der Waals surface area contributed by atoms with Crippen LogP contribution in [-0.4, -0.2) is 10.9 Å². The third-order valence-electron chi connectivity index (χ3n) is 2.42. The molecular formula is C13H14ClN3OS. The maximum absolute atomic E-state index is 11.0. The van der Waals surface area contributed by atoms with Gasteiger partial charge in [0.2, 0.25) is 5.91 Å². The van der Waals surface area contributed by atoms with E-state index < -0.39 is 0 Å². The maximum atomic E-state index is 11.0. The van der Waals surface area contributed by atoms with E-state index in [1.807, 2.05) is 18.4 Å². The Morgan fingerprint density at radius 3 is 2.84 bits per heavy atom. The molecule has 0 radical (unpaired) electrons. The Morgan fingerprint density at radius 1 is 1.47 bits per heavy atom. The van der Waals surface area contributed by atoms with Gasteiger partial charge in [0, 0.05) is 18.0 Å². The average molecular weight is 296 g/mol. The van der Waals surface area contributed by atoms with E-state index in [-0.39, 0.29) is 5.91 Å².